The SMILES string of the molecule is COc1cccc(N2C(=O)C(=O)/C(=C(/O)c3cc(C)cc(C)c3OC)C2c2c(C)[nH]c3ccccc23)c1. The van der Waals surface area contributed by atoms with Crippen LogP contribution in [0.2, 0.25) is 0 Å². The van der Waals surface area contributed by atoms with E-state index in [9.17, 15) is 14.7 Å². The van der Waals surface area contributed by atoms with Crippen molar-refractivity contribution in [2.45, 2.75) is 26.8 Å². The van der Waals surface area contributed by atoms with Crippen LogP contribution in [0, 0.1) is 20.8 Å². The fourth-order valence-electron chi connectivity index (χ4n) is 5.33. The minimum atomic E-state index is -0.881. The number of rotatable bonds is 5. The smallest absolute Gasteiger partial charge is 0.300 e. The highest BCUT2D eigenvalue weighted by Crippen LogP contribution is 2.47. The van der Waals surface area contributed by atoms with Gasteiger partial charge in [0, 0.05) is 33.9 Å². The molecule has 0 spiro atoms. The van der Waals surface area contributed by atoms with Gasteiger partial charge in [-0.2, -0.15) is 0 Å². The Morgan fingerprint density at radius 2 is 1.70 bits per heavy atom. The number of ether oxygens (including phenoxy) is 2. The van der Waals surface area contributed by atoms with Crippen molar-refractivity contribution < 1.29 is 24.2 Å². The Bertz CT molecular complexity index is 1600. The Morgan fingerprint density at radius 1 is 0.946 bits per heavy atom. The zero-order valence-corrected chi connectivity index (χ0v) is 21.4. The summed E-state index contributed by atoms with van der Waals surface area (Å²) >= 11 is 0. The predicted molar refractivity (Wildman–Crippen MR) is 143 cm³/mol. The summed E-state index contributed by atoms with van der Waals surface area (Å²) in [5, 5.41) is 12.6. The number of aromatic nitrogens is 1. The molecule has 1 aromatic heterocycles. The molecule has 1 fully saturated rings. The molecular weight excluding hydrogens is 468 g/mol. The van der Waals surface area contributed by atoms with E-state index in [1.54, 1.807) is 37.4 Å². The number of ketones is 1. The molecule has 3 aromatic carbocycles. The van der Waals surface area contributed by atoms with Gasteiger partial charge >= 0.3 is 0 Å². The molecule has 0 aliphatic carbocycles. The minimum absolute atomic E-state index is 0.00368. The number of fused-ring (bicyclic) bond motifs is 1. The lowest BCUT2D eigenvalue weighted by molar-refractivity contribution is -0.132. The molecule has 2 heterocycles. The Labute approximate surface area is 214 Å². The maximum Gasteiger partial charge on any atom is 0.300 e. The van der Waals surface area contributed by atoms with Crippen molar-refractivity contribution in [2.75, 3.05) is 19.1 Å². The summed E-state index contributed by atoms with van der Waals surface area (Å²) in [5.74, 6) is -0.777. The second-order valence-electron chi connectivity index (χ2n) is 9.24. The monoisotopic (exact) mass is 496 g/mol. The van der Waals surface area contributed by atoms with Crippen LogP contribution in [0.25, 0.3) is 16.7 Å². The van der Waals surface area contributed by atoms with E-state index < -0.39 is 17.7 Å². The molecule has 7 heteroatoms. The summed E-state index contributed by atoms with van der Waals surface area (Å²) in [5.41, 5.74) is 4.96. The van der Waals surface area contributed by atoms with Crippen LogP contribution in [-0.2, 0) is 9.59 Å². The number of carbonyl (C=O) groups excluding carboxylic acids is 2. The third-order valence-corrected chi connectivity index (χ3v) is 6.87. The topological polar surface area (TPSA) is 91.9 Å². The molecule has 1 aliphatic rings. The summed E-state index contributed by atoms with van der Waals surface area (Å²) in [7, 11) is 3.06. The maximum absolute atomic E-state index is 13.7. The summed E-state index contributed by atoms with van der Waals surface area (Å²) in [4.78, 5) is 32.1. The molecule has 1 unspecified atom stereocenters. The number of H-pyrrole nitrogens is 1. The summed E-state index contributed by atoms with van der Waals surface area (Å²) in [6.45, 7) is 5.68. The van der Waals surface area contributed by atoms with Gasteiger partial charge in [-0.05, 0) is 56.2 Å². The number of para-hydroxylation sites is 1. The van der Waals surface area contributed by atoms with Crippen molar-refractivity contribution in [3.63, 3.8) is 0 Å². The van der Waals surface area contributed by atoms with Crippen LogP contribution in [0.15, 0.2) is 66.2 Å². The number of nitrogens with zero attached hydrogens (tertiary/aromatic N) is 1. The van der Waals surface area contributed by atoms with Crippen LogP contribution in [0.4, 0.5) is 5.69 Å². The van der Waals surface area contributed by atoms with Crippen molar-refractivity contribution in [3.05, 3.63) is 94.2 Å². The summed E-state index contributed by atoms with van der Waals surface area (Å²) in [6, 6.07) is 17.5. The first-order chi connectivity index (χ1) is 17.8. The fourth-order valence-corrected chi connectivity index (χ4v) is 5.33. The molecule has 1 amide bonds. The molecule has 2 N–H and O–H groups in total. The lowest BCUT2D eigenvalue weighted by Crippen LogP contribution is -2.29. The van der Waals surface area contributed by atoms with Crippen LogP contribution in [0.3, 0.4) is 0 Å². The fraction of sp³-hybridized carbons (Fsp3) is 0.200. The van der Waals surface area contributed by atoms with Crippen molar-refractivity contribution in [3.8, 4) is 11.5 Å². The summed E-state index contributed by atoms with van der Waals surface area (Å²) < 4.78 is 11.0. The molecular formula is C30H28N2O5. The molecule has 1 atom stereocenters. The van der Waals surface area contributed by atoms with Crippen molar-refractivity contribution in [1.29, 1.82) is 0 Å². The number of hydrogen-bond acceptors (Lipinski definition) is 5. The van der Waals surface area contributed by atoms with E-state index >= 15 is 0 Å². The molecule has 4 aromatic rings. The maximum atomic E-state index is 13.7. The Balaban J connectivity index is 1.85. The number of Topliss-reactive ketones (excluding diaryl/α,β-unsaturated/α-hetero) is 1. The van der Waals surface area contributed by atoms with E-state index in [0.29, 0.717) is 22.7 Å². The van der Waals surface area contributed by atoms with E-state index in [1.165, 1.54) is 12.0 Å². The van der Waals surface area contributed by atoms with E-state index in [2.05, 4.69) is 4.98 Å². The van der Waals surface area contributed by atoms with Gasteiger partial charge < -0.3 is 19.6 Å². The average Bonchev–Trinajstić information content (AvgIpc) is 3.35. The number of aryl methyl sites for hydroxylation is 3. The predicted octanol–water partition coefficient (Wildman–Crippen LogP) is 5.74. The van der Waals surface area contributed by atoms with E-state index in [0.717, 1.165) is 33.3 Å². The zero-order chi connectivity index (χ0) is 26.4. The van der Waals surface area contributed by atoms with Gasteiger partial charge in [0.2, 0.25) is 0 Å². The normalized spacial score (nSPS) is 17.0. The zero-order valence-electron chi connectivity index (χ0n) is 21.4. The Morgan fingerprint density at radius 3 is 2.43 bits per heavy atom. The van der Waals surface area contributed by atoms with Gasteiger partial charge in [0.25, 0.3) is 11.7 Å². The van der Waals surface area contributed by atoms with Crippen molar-refractivity contribution in [2.24, 2.45) is 0 Å². The third kappa shape index (κ3) is 3.83. The van der Waals surface area contributed by atoms with E-state index in [-0.39, 0.29) is 11.3 Å². The minimum Gasteiger partial charge on any atom is -0.507 e. The molecule has 0 bridgehead atoms. The number of aliphatic hydroxyl groups excluding tert-OH is 1. The number of aromatic amines is 1. The van der Waals surface area contributed by atoms with Crippen LogP contribution >= 0.6 is 0 Å². The number of hydrogen-bond donors (Lipinski definition) is 2. The molecule has 0 radical (unpaired) electrons. The second-order valence-corrected chi connectivity index (χ2v) is 9.24. The van der Waals surface area contributed by atoms with Crippen molar-refractivity contribution >= 4 is 34.0 Å². The molecule has 37 heavy (non-hydrogen) atoms. The van der Waals surface area contributed by atoms with Gasteiger partial charge in [-0.3, -0.25) is 14.5 Å². The quantitative estimate of drug-likeness (QED) is 0.209. The largest absolute Gasteiger partial charge is 0.507 e. The van der Waals surface area contributed by atoms with Crippen LogP contribution in [0.5, 0.6) is 11.5 Å². The van der Waals surface area contributed by atoms with E-state index in [4.69, 9.17) is 9.47 Å². The Hall–Kier alpha value is -4.52. The lowest BCUT2D eigenvalue weighted by Gasteiger charge is -2.26. The highest BCUT2D eigenvalue weighted by molar-refractivity contribution is 6.52. The number of nitrogens with one attached hydrogen (secondary N) is 1. The lowest BCUT2D eigenvalue weighted by atomic mass is 9.92. The average molecular weight is 497 g/mol. The number of benzene rings is 3. The second kappa shape index (κ2) is 9.17. The highest BCUT2D eigenvalue weighted by atomic mass is 16.5. The number of carbonyl (C=O) groups is 2. The third-order valence-electron chi connectivity index (χ3n) is 6.87. The standard InChI is InChI=1S/C30H28N2O5/c1-16-13-17(2)29(37-5)22(14-16)27(33)25-26(24-18(3)31-23-12-7-6-11-21(23)24)32(30(35)28(25)34)19-9-8-10-20(15-19)36-4/h6-15,26,31,33H,1-5H3/b27-25+. The van der Waals surface area contributed by atoms with Crippen molar-refractivity contribution in [1.82, 2.24) is 4.98 Å². The first-order valence-electron chi connectivity index (χ1n) is 11.9. The number of aliphatic hydroxyl groups is 1. The first kappa shape index (κ1) is 24.2. The number of methoxy groups -OCH3 is 2. The van der Waals surface area contributed by atoms with E-state index in [1.807, 2.05) is 51.1 Å². The van der Waals surface area contributed by atoms with Gasteiger partial charge in [0.05, 0.1) is 31.4 Å². The molecule has 7 nitrogen and oxygen atoms in total. The molecule has 1 saturated heterocycles. The van der Waals surface area contributed by atoms with Gasteiger partial charge in [-0.25, -0.2) is 0 Å². The summed E-state index contributed by atoms with van der Waals surface area (Å²) in [6.07, 6.45) is 0. The van der Waals surface area contributed by atoms with Crippen LogP contribution in [-0.4, -0.2) is 36.0 Å². The number of amides is 1. The van der Waals surface area contributed by atoms with Gasteiger partial charge in [-0.15, -0.1) is 0 Å². The van der Waals surface area contributed by atoms with Crippen LogP contribution < -0.4 is 14.4 Å². The molecule has 188 valence electrons. The highest BCUT2D eigenvalue weighted by Gasteiger charge is 2.48. The molecule has 0 saturated carbocycles. The first-order valence-corrected chi connectivity index (χ1v) is 11.9. The Kier molecular flexibility index (Phi) is 5.99. The molecule has 5 rings (SSSR count). The van der Waals surface area contributed by atoms with Gasteiger partial charge in [0.1, 0.15) is 17.3 Å². The molecule has 1 aliphatic heterocycles. The van der Waals surface area contributed by atoms with Gasteiger partial charge in [-0.1, -0.05) is 30.3 Å². The number of anilines is 1. The van der Waals surface area contributed by atoms with Gasteiger partial charge in [0.15, 0.2) is 0 Å². The van der Waals surface area contributed by atoms with Crippen LogP contribution in [0.1, 0.15) is 34.0 Å².